The summed E-state index contributed by atoms with van der Waals surface area (Å²) in [6, 6.07) is 8.13. The molecule has 0 bridgehead atoms. The molecule has 0 saturated heterocycles. The van der Waals surface area contributed by atoms with Gasteiger partial charge in [-0.25, -0.2) is 0 Å². The first-order valence-electron chi connectivity index (χ1n) is 5.36. The summed E-state index contributed by atoms with van der Waals surface area (Å²) in [6.07, 6.45) is 3.20. The first kappa shape index (κ1) is 11.4. The van der Waals surface area contributed by atoms with Crippen molar-refractivity contribution in [1.82, 2.24) is 0 Å². The van der Waals surface area contributed by atoms with Gasteiger partial charge in [0.2, 0.25) is 0 Å². The Hall–Kier alpha value is -1.09. The van der Waals surface area contributed by atoms with Crippen LogP contribution in [0.15, 0.2) is 29.2 Å². The molecule has 2 rings (SSSR count). The van der Waals surface area contributed by atoms with E-state index in [-0.39, 0.29) is 23.9 Å². The van der Waals surface area contributed by atoms with Crippen LogP contribution in [0.5, 0.6) is 0 Å². The Labute approximate surface area is 99.4 Å². The first-order chi connectivity index (χ1) is 7.69. The number of carbonyl (C=O) groups excluding carboxylic acids is 2. The van der Waals surface area contributed by atoms with Crippen LogP contribution >= 0.6 is 11.8 Å². The molecule has 1 aromatic carbocycles. The van der Waals surface area contributed by atoms with E-state index in [1.54, 1.807) is 11.8 Å². The van der Waals surface area contributed by atoms with Crippen molar-refractivity contribution in [1.29, 1.82) is 0 Å². The second-order valence-corrected chi connectivity index (χ2v) is 5.02. The van der Waals surface area contributed by atoms with Crippen LogP contribution in [-0.2, 0) is 9.59 Å². The summed E-state index contributed by atoms with van der Waals surface area (Å²) in [5.74, 6) is 0.257. The largest absolute Gasteiger partial charge is 0.299 e. The number of Topliss-reactive ketones (excluding diaryl/α,β-unsaturated/α-hetero) is 2. The van der Waals surface area contributed by atoms with E-state index >= 15 is 0 Å². The third-order valence-electron chi connectivity index (χ3n) is 2.91. The first-order valence-corrected chi connectivity index (χ1v) is 6.59. The number of benzene rings is 1. The highest BCUT2D eigenvalue weighted by Gasteiger charge is 2.26. The molecule has 0 N–H and O–H groups in total. The minimum atomic E-state index is 0.0794. The lowest BCUT2D eigenvalue weighted by Gasteiger charge is -2.20. The fourth-order valence-corrected chi connectivity index (χ4v) is 2.59. The zero-order valence-corrected chi connectivity index (χ0v) is 10.0. The highest BCUT2D eigenvalue weighted by molar-refractivity contribution is 7.98. The fraction of sp³-hybridized carbons (Fsp3) is 0.385. The lowest BCUT2D eigenvalue weighted by atomic mass is 9.83. The maximum absolute atomic E-state index is 11.4. The topological polar surface area (TPSA) is 34.1 Å². The zero-order valence-electron chi connectivity index (χ0n) is 9.23. The zero-order chi connectivity index (χ0) is 11.5. The second-order valence-electron chi connectivity index (χ2n) is 4.14. The molecule has 0 aliphatic heterocycles. The van der Waals surface area contributed by atoms with Gasteiger partial charge in [0, 0.05) is 17.7 Å². The molecule has 0 aromatic heterocycles. The van der Waals surface area contributed by atoms with Crippen LogP contribution < -0.4 is 0 Å². The highest BCUT2D eigenvalue weighted by Crippen LogP contribution is 2.31. The number of hydrogen-bond acceptors (Lipinski definition) is 3. The quantitative estimate of drug-likeness (QED) is 0.583. The summed E-state index contributed by atoms with van der Waals surface area (Å²) in [4.78, 5) is 24.0. The lowest BCUT2D eigenvalue weighted by molar-refractivity contribution is -0.130. The van der Waals surface area contributed by atoms with Crippen molar-refractivity contribution in [2.24, 2.45) is 0 Å². The van der Waals surface area contributed by atoms with Crippen molar-refractivity contribution in [2.45, 2.75) is 30.1 Å². The molecule has 0 amide bonds. The molecular weight excluding hydrogens is 220 g/mol. The number of rotatable bonds is 2. The molecule has 16 heavy (non-hydrogen) atoms. The van der Waals surface area contributed by atoms with Gasteiger partial charge < -0.3 is 0 Å². The minimum Gasteiger partial charge on any atom is -0.299 e. The summed E-state index contributed by atoms with van der Waals surface area (Å²) in [7, 11) is 0. The summed E-state index contributed by atoms with van der Waals surface area (Å²) in [6.45, 7) is 0. The van der Waals surface area contributed by atoms with E-state index in [1.807, 2.05) is 24.5 Å². The van der Waals surface area contributed by atoms with E-state index in [0.717, 1.165) is 5.56 Å². The number of carbonyl (C=O) groups is 2. The van der Waals surface area contributed by atoms with Crippen molar-refractivity contribution < 1.29 is 9.59 Å². The summed E-state index contributed by atoms with van der Waals surface area (Å²) < 4.78 is 0. The Bertz CT molecular complexity index is 410. The van der Waals surface area contributed by atoms with E-state index in [0.29, 0.717) is 12.8 Å². The molecule has 0 radical (unpaired) electrons. The Balaban J connectivity index is 2.22. The summed E-state index contributed by atoms with van der Waals surface area (Å²) in [5.41, 5.74) is 1.12. The maximum Gasteiger partial charge on any atom is 0.140 e. The predicted molar refractivity (Wildman–Crippen MR) is 64.8 cm³/mol. The van der Waals surface area contributed by atoms with Crippen LogP contribution in [-0.4, -0.2) is 17.8 Å². The van der Waals surface area contributed by atoms with Gasteiger partial charge in [-0.3, -0.25) is 9.59 Å². The molecule has 0 atom stereocenters. The monoisotopic (exact) mass is 234 g/mol. The van der Waals surface area contributed by atoms with Gasteiger partial charge in [0.05, 0.1) is 6.42 Å². The van der Waals surface area contributed by atoms with E-state index in [4.69, 9.17) is 0 Å². The van der Waals surface area contributed by atoms with E-state index in [2.05, 4.69) is 6.07 Å². The Morgan fingerprint density at radius 3 is 2.50 bits per heavy atom. The molecule has 1 saturated carbocycles. The number of thioether (sulfide) groups is 1. The van der Waals surface area contributed by atoms with Crippen molar-refractivity contribution in [3.8, 4) is 0 Å². The van der Waals surface area contributed by atoms with Gasteiger partial charge in [-0.2, -0.15) is 0 Å². The average Bonchev–Trinajstić information content (AvgIpc) is 2.28. The Morgan fingerprint density at radius 2 is 1.88 bits per heavy atom. The second kappa shape index (κ2) is 4.83. The van der Waals surface area contributed by atoms with E-state index in [9.17, 15) is 9.59 Å². The average molecular weight is 234 g/mol. The van der Waals surface area contributed by atoms with Crippen LogP contribution in [0.3, 0.4) is 0 Å². The molecule has 3 heteroatoms. The maximum atomic E-state index is 11.4. The van der Waals surface area contributed by atoms with Crippen molar-refractivity contribution in [2.75, 3.05) is 6.26 Å². The molecule has 0 heterocycles. The SMILES string of the molecule is CSc1cccc(C2CC(=O)CC(=O)C2)c1. The number of ketones is 2. The molecule has 1 aliphatic carbocycles. The van der Waals surface area contributed by atoms with Crippen LogP contribution in [0.1, 0.15) is 30.7 Å². The van der Waals surface area contributed by atoms with E-state index in [1.165, 1.54) is 4.90 Å². The third-order valence-corrected chi connectivity index (χ3v) is 3.63. The molecule has 2 nitrogen and oxygen atoms in total. The van der Waals surface area contributed by atoms with Crippen LogP contribution in [0.4, 0.5) is 0 Å². The normalized spacial score (nSPS) is 17.8. The minimum absolute atomic E-state index is 0.0794. The van der Waals surface area contributed by atoms with Crippen LogP contribution in [0, 0.1) is 0 Å². The summed E-state index contributed by atoms with van der Waals surface area (Å²) in [5, 5.41) is 0. The summed E-state index contributed by atoms with van der Waals surface area (Å²) >= 11 is 1.68. The third kappa shape index (κ3) is 2.53. The van der Waals surface area contributed by atoms with Gasteiger partial charge in [-0.15, -0.1) is 11.8 Å². The lowest BCUT2D eigenvalue weighted by Crippen LogP contribution is -2.21. The Kier molecular flexibility index (Phi) is 3.44. The van der Waals surface area contributed by atoms with Gasteiger partial charge >= 0.3 is 0 Å². The molecule has 1 fully saturated rings. The van der Waals surface area contributed by atoms with Gasteiger partial charge in [0.15, 0.2) is 0 Å². The van der Waals surface area contributed by atoms with E-state index < -0.39 is 0 Å². The van der Waals surface area contributed by atoms with Gasteiger partial charge in [0.1, 0.15) is 11.6 Å². The van der Waals surface area contributed by atoms with Gasteiger partial charge in [-0.1, -0.05) is 12.1 Å². The molecule has 84 valence electrons. The van der Waals surface area contributed by atoms with Crippen molar-refractivity contribution in [3.63, 3.8) is 0 Å². The van der Waals surface area contributed by atoms with Crippen molar-refractivity contribution in [3.05, 3.63) is 29.8 Å². The molecule has 0 spiro atoms. The van der Waals surface area contributed by atoms with Crippen LogP contribution in [0.2, 0.25) is 0 Å². The molecule has 1 aromatic rings. The standard InChI is InChI=1S/C13H14O2S/c1-16-13-4-2-3-9(7-13)10-5-11(14)8-12(15)6-10/h2-4,7,10H,5-6,8H2,1H3. The molecular formula is C13H14O2S. The number of hydrogen-bond donors (Lipinski definition) is 0. The highest BCUT2D eigenvalue weighted by atomic mass is 32.2. The fourth-order valence-electron chi connectivity index (χ4n) is 2.12. The smallest absolute Gasteiger partial charge is 0.140 e. The molecule has 1 aliphatic rings. The van der Waals surface area contributed by atoms with Crippen LogP contribution in [0.25, 0.3) is 0 Å². The van der Waals surface area contributed by atoms with Crippen molar-refractivity contribution >= 4 is 23.3 Å². The Morgan fingerprint density at radius 1 is 1.19 bits per heavy atom. The molecule has 0 unspecified atom stereocenters. The van der Waals surface area contributed by atoms with Gasteiger partial charge in [0.25, 0.3) is 0 Å². The predicted octanol–water partition coefficient (Wildman–Crippen LogP) is 2.81. The van der Waals surface area contributed by atoms with Gasteiger partial charge in [-0.05, 0) is 29.9 Å².